The number of likely N-dealkylation sites (tertiary alicyclic amines) is 1. The molecule has 14 heteroatoms. The number of fused-ring (bicyclic) bond motifs is 1. The molecule has 1 saturated heterocycles. The van der Waals surface area contributed by atoms with Crippen molar-refractivity contribution in [2.45, 2.75) is 55.5 Å². The Hall–Kier alpha value is -2.90. The average molecular weight is 552 g/mol. The standard InChI is InChI=1S/C23H23F6N3O4S/c1-3-18(23(27,28)29)36-16-6-5-14(37(34,35)4-2)9-15(16)19(33)32-11-13-10-21(13,12-32)20-30-8-7-17(31-20)22(24,25)26/h5-9,13,18H,3-4,10-12H2,1-2H3/t13?,18-,21?/m1/s1. The summed E-state index contributed by atoms with van der Waals surface area (Å²) in [5.41, 5.74) is -2.41. The number of rotatable bonds is 7. The molecule has 2 aliphatic rings. The lowest BCUT2D eigenvalue weighted by Crippen LogP contribution is -2.36. The third-order valence-electron chi connectivity index (χ3n) is 6.75. The van der Waals surface area contributed by atoms with Crippen molar-refractivity contribution in [2.24, 2.45) is 5.92 Å². The highest BCUT2D eigenvalue weighted by Crippen LogP contribution is 2.58. The molecule has 7 nitrogen and oxygen atoms in total. The molecule has 3 atom stereocenters. The molecular weight excluding hydrogens is 528 g/mol. The minimum absolute atomic E-state index is 0.0653. The first-order valence-electron chi connectivity index (χ1n) is 11.4. The van der Waals surface area contributed by atoms with Gasteiger partial charge in [-0.2, -0.15) is 26.3 Å². The topological polar surface area (TPSA) is 89.5 Å². The number of ether oxygens (including phenoxy) is 1. The molecule has 0 radical (unpaired) electrons. The van der Waals surface area contributed by atoms with E-state index in [1.54, 1.807) is 0 Å². The molecule has 2 heterocycles. The molecule has 2 unspecified atom stereocenters. The van der Waals surface area contributed by atoms with Gasteiger partial charge in [0.25, 0.3) is 5.91 Å². The number of hydrogen-bond acceptors (Lipinski definition) is 6. The lowest BCUT2D eigenvalue weighted by Gasteiger charge is -2.25. The van der Waals surface area contributed by atoms with E-state index in [1.165, 1.54) is 18.7 Å². The van der Waals surface area contributed by atoms with Crippen LogP contribution in [-0.4, -0.2) is 60.3 Å². The van der Waals surface area contributed by atoms with Crippen molar-refractivity contribution in [3.63, 3.8) is 0 Å². The van der Waals surface area contributed by atoms with Crippen molar-refractivity contribution < 1.29 is 44.3 Å². The molecule has 1 aliphatic heterocycles. The Labute approximate surface area is 208 Å². The van der Waals surface area contributed by atoms with Crippen LogP contribution in [0.5, 0.6) is 5.75 Å². The molecule has 2 fully saturated rings. The van der Waals surface area contributed by atoms with E-state index in [9.17, 15) is 39.6 Å². The summed E-state index contributed by atoms with van der Waals surface area (Å²) in [4.78, 5) is 22.1. The first kappa shape index (κ1) is 27.1. The second kappa shape index (κ2) is 9.14. The summed E-state index contributed by atoms with van der Waals surface area (Å²) in [5, 5.41) is 0. The van der Waals surface area contributed by atoms with Crippen molar-refractivity contribution in [2.75, 3.05) is 18.8 Å². The Kier molecular flexibility index (Phi) is 6.70. The predicted octanol–water partition coefficient (Wildman–Crippen LogP) is 4.42. The van der Waals surface area contributed by atoms with Gasteiger partial charge in [-0.15, -0.1) is 0 Å². The van der Waals surface area contributed by atoms with Gasteiger partial charge in [-0.05, 0) is 43.0 Å². The molecule has 1 amide bonds. The van der Waals surface area contributed by atoms with Crippen LogP contribution < -0.4 is 4.74 Å². The van der Waals surface area contributed by atoms with Crippen LogP contribution in [0.25, 0.3) is 0 Å². The van der Waals surface area contributed by atoms with E-state index in [0.717, 1.165) is 30.5 Å². The predicted molar refractivity (Wildman–Crippen MR) is 118 cm³/mol. The molecule has 1 aromatic carbocycles. The van der Waals surface area contributed by atoms with Crippen molar-refractivity contribution >= 4 is 15.7 Å². The number of alkyl halides is 6. The molecule has 0 N–H and O–H groups in total. The zero-order valence-corrected chi connectivity index (χ0v) is 20.5. The highest BCUT2D eigenvalue weighted by Gasteiger charge is 2.64. The largest absolute Gasteiger partial charge is 0.480 e. The fourth-order valence-electron chi connectivity index (χ4n) is 4.58. The maximum Gasteiger partial charge on any atom is 0.433 e. The molecule has 0 bridgehead atoms. The van der Waals surface area contributed by atoms with Gasteiger partial charge >= 0.3 is 12.4 Å². The van der Waals surface area contributed by atoms with Gasteiger partial charge in [-0.25, -0.2) is 18.4 Å². The van der Waals surface area contributed by atoms with Crippen LogP contribution in [0.15, 0.2) is 35.4 Å². The molecule has 1 aromatic heterocycles. The van der Waals surface area contributed by atoms with Crippen molar-refractivity contribution in [3.05, 3.63) is 47.5 Å². The molecular formula is C23H23F6N3O4S. The fraction of sp³-hybridized carbons (Fsp3) is 0.522. The summed E-state index contributed by atoms with van der Waals surface area (Å²) in [7, 11) is -3.81. The molecule has 1 saturated carbocycles. The lowest BCUT2D eigenvalue weighted by atomic mass is 10.1. The smallest absolute Gasteiger partial charge is 0.433 e. The third-order valence-corrected chi connectivity index (χ3v) is 8.48. The van der Waals surface area contributed by atoms with Crippen molar-refractivity contribution in [1.29, 1.82) is 0 Å². The SMILES string of the molecule is CC[C@@H](Oc1ccc(S(=O)(=O)CC)cc1C(=O)N1CC2CC2(c2nccc(C(F)(F)F)n2)C1)C(F)(F)F. The quantitative estimate of drug-likeness (QED) is 0.474. The normalized spacial score (nSPS) is 22.5. The molecule has 1 aliphatic carbocycles. The maximum absolute atomic E-state index is 13.5. The minimum Gasteiger partial charge on any atom is -0.480 e. The van der Waals surface area contributed by atoms with Crippen LogP contribution in [0, 0.1) is 5.92 Å². The van der Waals surface area contributed by atoms with Gasteiger partial charge in [-0.1, -0.05) is 13.8 Å². The van der Waals surface area contributed by atoms with Crippen LogP contribution in [-0.2, 0) is 21.4 Å². The zero-order chi connectivity index (χ0) is 27.4. The zero-order valence-electron chi connectivity index (χ0n) is 19.7. The third kappa shape index (κ3) is 5.12. The Balaban J connectivity index is 1.67. The van der Waals surface area contributed by atoms with Gasteiger partial charge in [0.05, 0.1) is 21.6 Å². The average Bonchev–Trinajstić information content (AvgIpc) is 3.41. The van der Waals surface area contributed by atoms with Crippen LogP contribution in [0.4, 0.5) is 26.3 Å². The first-order chi connectivity index (χ1) is 17.1. The van der Waals surface area contributed by atoms with E-state index >= 15 is 0 Å². The number of amides is 1. The van der Waals surface area contributed by atoms with Crippen LogP contribution >= 0.6 is 0 Å². The lowest BCUT2D eigenvalue weighted by molar-refractivity contribution is -0.195. The van der Waals surface area contributed by atoms with E-state index < -0.39 is 57.5 Å². The van der Waals surface area contributed by atoms with Crippen molar-refractivity contribution in [1.82, 2.24) is 14.9 Å². The highest BCUT2D eigenvalue weighted by molar-refractivity contribution is 7.91. The number of sulfone groups is 1. The minimum atomic E-state index is -4.73. The van der Waals surface area contributed by atoms with Gasteiger partial charge in [-0.3, -0.25) is 4.79 Å². The first-order valence-corrected chi connectivity index (χ1v) is 13.1. The van der Waals surface area contributed by atoms with E-state index in [2.05, 4.69) is 9.97 Å². The van der Waals surface area contributed by atoms with Gasteiger partial charge < -0.3 is 9.64 Å². The molecule has 0 spiro atoms. The Morgan fingerprint density at radius 2 is 1.89 bits per heavy atom. The number of hydrogen-bond donors (Lipinski definition) is 0. The Morgan fingerprint density at radius 3 is 2.49 bits per heavy atom. The number of nitrogens with zero attached hydrogens (tertiary/aromatic N) is 3. The molecule has 37 heavy (non-hydrogen) atoms. The van der Waals surface area contributed by atoms with Gasteiger partial charge in [0, 0.05) is 19.3 Å². The van der Waals surface area contributed by atoms with E-state index in [-0.39, 0.29) is 41.0 Å². The van der Waals surface area contributed by atoms with E-state index in [0.29, 0.717) is 6.42 Å². The monoisotopic (exact) mass is 551 g/mol. The Morgan fingerprint density at radius 1 is 1.19 bits per heavy atom. The molecule has 202 valence electrons. The Bertz CT molecular complexity index is 1310. The number of carbonyl (C=O) groups is 1. The second-order valence-electron chi connectivity index (χ2n) is 9.12. The number of carbonyl (C=O) groups excluding carboxylic acids is 1. The number of halogens is 6. The van der Waals surface area contributed by atoms with Crippen LogP contribution in [0.3, 0.4) is 0 Å². The summed E-state index contributed by atoms with van der Waals surface area (Å²) in [6, 6.07) is 3.82. The highest BCUT2D eigenvalue weighted by atomic mass is 32.2. The summed E-state index contributed by atoms with van der Waals surface area (Å²) in [5.74, 6) is -1.84. The second-order valence-corrected chi connectivity index (χ2v) is 11.4. The number of aromatic nitrogens is 2. The summed E-state index contributed by atoms with van der Waals surface area (Å²) in [6.07, 6.45) is -10.7. The van der Waals surface area contributed by atoms with E-state index in [4.69, 9.17) is 4.74 Å². The van der Waals surface area contributed by atoms with E-state index in [1.807, 2.05) is 0 Å². The summed E-state index contributed by atoms with van der Waals surface area (Å²) < 4.78 is 109. The van der Waals surface area contributed by atoms with Crippen molar-refractivity contribution in [3.8, 4) is 5.75 Å². The number of piperidine rings is 1. The van der Waals surface area contributed by atoms with Gasteiger partial charge in [0.2, 0.25) is 0 Å². The fourth-order valence-corrected chi connectivity index (χ4v) is 5.49. The summed E-state index contributed by atoms with van der Waals surface area (Å²) >= 11 is 0. The van der Waals surface area contributed by atoms with Crippen LogP contribution in [0.1, 0.15) is 48.6 Å². The molecule has 2 aromatic rings. The van der Waals surface area contributed by atoms with Gasteiger partial charge in [0.15, 0.2) is 15.9 Å². The summed E-state index contributed by atoms with van der Waals surface area (Å²) in [6.45, 7) is 2.66. The van der Waals surface area contributed by atoms with Gasteiger partial charge in [0.1, 0.15) is 17.3 Å². The molecule has 4 rings (SSSR count). The van der Waals surface area contributed by atoms with Crippen LogP contribution in [0.2, 0.25) is 0 Å². The number of benzene rings is 1. The maximum atomic E-state index is 13.5.